The summed E-state index contributed by atoms with van der Waals surface area (Å²) in [7, 11) is 0. The van der Waals surface area contributed by atoms with Crippen molar-refractivity contribution in [1.82, 2.24) is 0 Å². The van der Waals surface area contributed by atoms with E-state index in [1.54, 1.807) is 0 Å². The van der Waals surface area contributed by atoms with Crippen molar-refractivity contribution in [3.05, 3.63) is 12.2 Å². The summed E-state index contributed by atoms with van der Waals surface area (Å²) in [4.78, 5) is 0. The van der Waals surface area contributed by atoms with Gasteiger partial charge in [0.05, 0.1) is 11.5 Å². The number of hydrogen-bond acceptors (Lipinski definition) is 1. The van der Waals surface area contributed by atoms with Crippen LogP contribution in [0.4, 0.5) is 13.2 Å². The molecule has 1 aliphatic rings. The molecule has 0 saturated heterocycles. The second-order valence-corrected chi connectivity index (χ2v) is 3.53. The molecule has 0 spiro atoms. The third-order valence-corrected chi connectivity index (χ3v) is 2.36. The third kappa shape index (κ3) is 2.52. The summed E-state index contributed by atoms with van der Waals surface area (Å²) in [6, 6.07) is 0. The van der Waals surface area contributed by atoms with Crippen LogP contribution in [0.5, 0.6) is 0 Å². The molecule has 0 aromatic rings. The highest BCUT2D eigenvalue weighted by atomic mass is 19.4. The van der Waals surface area contributed by atoms with Crippen molar-refractivity contribution in [2.24, 2.45) is 5.92 Å². The van der Waals surface area contributed by atoms with E-state index in [1.165, 1.54) is 6.08 Å². The van der Waals surface area contributed by atoms with Crippen LogP contribution in [0.2, 0.25) is 0 Å². The first-order valence-electron chi connectivity index (χ1n) is 4.29. The Balaban J connectivity index is 2.69. The zero-order valence-corrected chi connectivity index (χ0v) is 7.51. The minimum atomic E-state index is -4.21. The van der Waals surface area contributed by atoms with Crippen LogP contribution in [0.15, 0.2) is 12.2 Å². The van der Waals surface area contributed by atoms with Gasteiger partial charge >= 0.3 is 6.18 Å². The summed E-state index contributed by atoms with van der Waals surface area (Å²) < 4.78 is 36.6. The Morgan fingerprint density at radius 2 is 2.21 bits per heavy atom. The molecule has 1 nitrogen and oxygen atoms in total. The molecule has 2 unspecified atom stereocenters. The molecule has 1 aliphatic carbocycles. The van der Waals surface area contributed by atoms with E-state index in [4.69, 9.17) is 6.42 Å². The van der Waals surface area contributed by atoms with E-state index in [0.29, 0.717) is 0 Å². The summed E-state index contributed by atoms with van der Waals surface area (Å²) in [5, 5.41) is 9.66. The molecular weight excluding hydrogens is 193 g/mol. The van der Waals surface area contributed by atoms with Crippen LogP contribution in [-0.4, -0.2) is 16.9 Å². The van der Waals surface area contributed by atoms with Gasteiger partial charge in [-0.1, -0.05) is 12.2 Å². The van der Waals surface area contributed by atoms with Crippen LogP contribution in [0.1, 0.15) is 19.3 Å². The highest BCUT2D eigenvalue weighted by Crippen LogP contribution is 2.37. The highest BCUT2D eigenvalue weighted by Gasteiger charge is 2.41. The maximum absolute atomic E-state index is 12.2. The smallest absolute Gasteiger partial charge is 0.385 e. The zero-order valence-electron chi connectivity index (χ0n) is 7.51. The summed E-state index contributed by atoms with van der Waals surface area (Å²) in [5.41, 5.74) is -1.24. The van der Waals surface area contributed by atoms with Gasteiger partial charge in [-0.3, -0.25) is 0 Å². The van der Waals surface area contributed by atoms with Crippen LogP contribution in [0.3, 0.4) is 0 Å². The molecule has 0 aliphatic heterocycles. The van der Waals surface area contributed by atoms with Crippen LogP contribution in [-0.2, 0) is 0 Å². The predicted octanol–water partition coefficient (Wildman–Crippen LogP) is 2.27. The second kappa shape index (κ2) is 3.66. The molecule has 0 bridgehead atoms. The minimum absolute atomic E-state index is 0.0636. The maximum Gasteiger partial charge on any atom is 0.395 e. The molecule has 1 rings (SSSR count). The molecule has 1 N–H and O–H groups in total. The molecule has 0 amide bonds. The van der Waals surface area contributed by atoms with Crippen LogP contribution in [0.25, 0.3) is 0 Å². The normalized spacial score (nSPS) is 32.6. The lowest BCUT2D eigenvalue weighted by Gasteiger charge is -2.30. The SMILES string of the molecule is C#CCC1(O)C=CC(C(F)(F)F)CC1. The van der Waals surface area contributed by atoms with E-state index in [9.17, 15) is 18.3 Å². The molecule has 0 aromatic carbocycles. The monoisotopic (exact) mass is 204 g/mol. The molecule has 0 fully saturated rings. The third-order valence-electron chi connectivity index (χ3n) is 2.36. The summed E-state index contributed by atoms with van der Waals surface area (Å²) in [6.45, 7) is 0. The number of aliphatic hydroxyl groups is 1. The summed E-state index contributed by atoms with van der Waals surface area (Å²) in [6.07, 6.45) is 2.99. The first-order valence-corrected chi connectivity index (χ1v) is 4.29. The Morgan fingerprint density at radius 3 is 2.57 bits per heavy atom. The second-order valence-electron chi connectivity index (χ2n) is 3.53. The van der Waals surface area contributed by atoms with Crippen LogP contribution < -0.4 is 0 Å². The van der Waals surface area contributed by atoms with Gasteiger partial charge in [-0.2, -0.15) is 13.2 Å². The Morgan fingerprint density at radius 1 is 1.57 bits per heavy atom. The van der Waals surface area contributed by atoms with Crippen molar-refractivity contribution in [1.29, 1.82) is 0 Å². The molecule has 78 valence electrons. The molecule has 0 saturated carbocycles. The Hall–Kier alpha value is -0.950. The van der Waals surface area contributed by atoms with Crippen LogP contribution in [0, 0.1) is 18.3 Å². The largest absolute Gasteiger partial charge is 0.395 e. The average molecular weight is 204 g/mol. The predicted molar refractivity (Wildman–Crippen MR) is 46.3 cm³/mol. The number of rotatable bonds is 1. The Labute approximate surface area is 80.6 Å². The van der Waals surface area contributed by atoms with E-state index in [0.717, 1.165) is 6.08 Å². The summed E-state index contributed by atoms with van der Waals surface area (Å²) in [5.74, 6) is 0.805. The van der Waals surface area contributed by atoms with Gasteiger partial charge in [-0.15, -0.1) is 12.3 Å². The first-order chi connectivity index (χ1) is 6.37. The van der Waals surface area contributed by atoms with Gasteiger partial charge in [0.1, 0.15) is 0 Å². The lowest BCUT2D eigenvalue weighted by Crippen LogP contribution is -2.33. The number of alkyl halides is 3. The van der Waals surface area contributed by atoms with E-state index < -0.39 is 17.7 Å². The Kier molecular flexibility index (Phi) is 2.91. The Bertz CT molecular complexity index is 274. The van der Waals surface area contributed by atoms with E-state index in [1.807, 2.05) is 0 Å². The van der Waals surface area contributed by atoms with Crippen molar-refractivity contribution in [2.75, 3.05) is 0 Å². The lowest BCUT2D eigenvalue weighted by molar-refractivity contribution is -0.166. The van der Waals surface area contributed by atoms with Crippen LogP contribution >= 0.6 is 0 Å². The standard InChI is InChI=1S/C10H11F3O/c1-2-5-9(14)6-3-8(4-7-9)10(11,12)13/h1,3,6,8,14H,4-5,7H2. The lowest BCUT2D eigenvalue weighted by atomic mass is 9.83. The van der Waals surface area contributed by atoms with Gasteiger partial charge in [0.15, 0.2) is 0 Å². The molecule has 0 aromatic heterocycles. The first kappa shape index (κ1) is 11.1. The number of terminal acetylenes is 1. The van der Waals surface area contributed by atoms with E-state index in [-0.39, 0.29) is 19.3 Å². The van der Waals surface area contributed by atoms with E-state index >= 15 is 0 Å². The fourth-order valence-corrected chi connectivity index (χ4v) is 1.48. The van der Waals surface area contributed by atoms with E-state index in [2.05, 4.69) is 5.92 Å². The van der Waals surface area contributed by atoms with Crippen molar-refractivity contribution < 1.29 is 18.3 Å². The van der Waals surface area contributed by atoms with Gasteiger partial charge in [-0.25, -0.2) is 0 Å². The van der Waals surface area contributed by atoms with Crippen molar-refractivity contribution in [2.45, 2.75) is 31.0 Å². The van der Waals surface area contributed by atoms with Gasteiger partial charge < -0.3 is 5.11 Å². The molecule has 0 radical (unpaired) electrons. The quantitative estimate of drug-likeness (QED) is 0.513. The molecule has 0 heterocycles. The molecular formula is C10H11F3O. The fraction of sp³-hybridized carbons (Fsp3) is 0.600. The van der Waals surface area contributed by atoms with Gasteiger partial charge in [0, 0.05) is 6.42 Å². The van der Waals surface area contributed by atoms with Gasteiger partial charge in [-0.05, 0) is 12.8 Å². The fourth-order valence-electron chi connectivity index (χ4n) is 1.48. The van der Waals surface area contributed by atoms with Gasteiger partial charge in [0.25, 0.3) is 0 Å². The number of hydrogen-bond donors (Lipinski definition) is 1. The number of allylic oxidation sites excluding steroid dienone is 1. The topological polar surface area (TPSA) is 20.2 Å². The molecule has 2 atom stereocenters. The molecule has 4 heteroatoms. The van der Waals surface area contributed by atoms with Gasteiger partial charge in [0.2, 0.25) is 0 Å². The average Bonchev–Trinajstić information content (AvgIpc) is 2.03. The highest BCUT2D eigenvalue weighted by molar-refractivity contribution is 5.13. The summed E-state index contributed by atoms with van der Waals surface area (Å²) >= 11 is 0. The maximum atomic E-state index is 12.2. The molecule has 14 heavy (non-hydrogen) atoms. The minimum Gasteiger partial charge on any atom is -0.385 e. The number of halogens is 3. The van der Waals surface area contributed by atoms with Crippen molar-refractivity contribution in [3.63, 3.8) is 0 Å². The van der Waals surface area contributed by atoms with Crippen molar-refractivity contribution >= 4 is 0 Å². The van der Waals surface area contributed by atoms with Crippen molar-refractivity contribution in [3.8, 4) is 12.3 Å². The zero-order chi connectivity index (χ0) is 10.8.